The number of Topliss-reactive ketones (excluding diaryl/α,β-unsaturated/α-hetero) is 1. The van der Waals surface area contributed by atoms with Crippen LogP contribution in [-0.4, -0.2) is 5.78 Å². The maximum atomic E-state index is 13.2. The molecule has 3 heteroatoms. The van der Waals surface area contributed by atoms with Gasteiger partial charge in [0.05, 0.1) is 4.47 Å². The molecule has 0 fully saturated rings. The van der Waals surface area contributed by atoms with Gasteiger partial charge >= 0.3 is 0 Å². The molecule has 0 amide bonds. The number of carbonyl (C=O) groups excluding carboxylic acids is 1. The average molecular weight is 301 g/mol. The molecule has 0 heterocycles. The summed E-state index contributed by atoms with van der Waals surface area (Å²) in [4.78, 5) is 11.7. The second-order valence-electron chi connectivity index (χ2n) is 4.24. The van der Waals surface area contributed by atoms with Gasteiger partial charge in [-0.25, -0.2) is 4.39 Å². The predicted molar refractivity (Wildman–Crippen MR) is 71.6 cm³/mol. The van der Waals surface area contributed by atoms with Crippen LogP contribution in [0.1, 0.15) is 44.6 Å². The molecule has 0 aliphatic heterocycles. The third kappa shape index (κ3) is 4.99. The van der Waals surface area contributed by atoms with Gasteiger partial charge in [-0.2, -0.15) is 0 Å². The van der Waals surface area contributed by atoms with Crippen molar-refractivity contribution in [3.05, 3.63) is 34.1 Å². The SMILES string of the molecule is CCCCCCC(=O)Cc1cccc(F)c1Br. The van der Waals surface area contributed by atoms with Crippen LogP contribution in [-0.2, 0) is 11.2 Å². The molecule has 0 unspecified atom stereocenters. The molecule has 1 nitrogen and oxygen atoms in total. The summed E-state index contributed by atoms with van der Waals surface area (Å²) >= 11 is 3.17. The quantitative estimate of drug-likeness (QED) is 0.669. The lowest BCUT2D eigenvalue weighted by atomic mass is 10.0. The molecule has 0 saturated heterocycles. The minimum atomic E-state index is -0.304. The summed E-state index contributed by atoms with van der Waals surface area (Å²) in [7, 11) is 0. The van der Waals surface area contributed by atoms with E-state index in [4.69, 9.17) is 0 Å². The van der Waals surface area contributed by atoms with Crippen LogP contribution in [0.4, 0.5) is 4.39 Å². The van der Waals surface area contributed by atoms with E-state index in [1.807, 2.05) is 0 Å². The van der Waals surface area contributed by atoms with Gasteiger partial charge in [-0.15, -0.1) is 0 Å². The highest BCUT2D eigenvalue weighted by Crippen LogP contribution is 2.21. The maximum absolute atomic E-state index is 13.2. The number of benzene rings is 1. The molecule has 0 atom stereocenters. The van der Waals surface area contributed by atoms with Crippen LogP contribution in [0.3, 0.4) is 0 Å². The van der Waals surface area contributed by atoms with Crippen LogP contribution < -0.4 is 0 Å². The summed E-state index contributed by atoms with van der Waals surface area (Å²) in [5.74, 6) is -0.117. The Kier molecular flexibility index (Phi) is 6.41. The Hall–Kier alpha value is -0.700. The summed E-state index contributed by atoms with van der Waals surface area (Å²) in [6.45, 7) is 2.14. The molecule has 94 valence electrons. The molecule has 0 aliphatic rings. The number of hydrogen-bond donors (Lipinski definition) is 0. The lowest BCUT2D eigenvalue weighted by Crippen LogP contribution is -2.03. The van der Waals surface area contributed by atoms with Crippen molar-refractivity contribution < 1.29 is 9.18 Å². The van der Waals surface area contributed by atoms with Crippen LogP contribution in [0.2, 0.25) is 0 Å². The number of rotatable bonds is 7. The largest absolute Gasteiger partial charge is 0.299 e. The first-order valence-electron chi connectivity index (χ1n) is 6.09. The summed E-state index contributed by atoms with van der Waals surface area (Å²) in [5, 5.41) is 0. The van der Waals surface area contributed by atoms with E-state index in [0.29, 0.717) is 17.3 Å². The van der Waals surface area contributed by atoms with Gasteiger partial charge in [0.2, 0.25) is 0 Å². The standard InChI is InChI=1S/C14H18BrFO/c1-2-3-4-5-8-12(17)10-11-7-6-9-13(16)14(11)15/h6-7,9H,2-5,8,10H2,1H3. The number of ketones is 1. The van der Waals surface area contributed by atoms with E-state index in [2.05, 4.69) is 22.9 Å². The molecular formula is C14H18BrFO. The van der Waals surface area contributed by atoms with Crippen LogP contribution in [0.25, 0.3) is 0 Å². The van der Waals surface area contributed by atoms with Crippen molar-refractivity contribution >= 4 is 21.7 Å². The van der Waals surface area contributed by atoms with E-state index in [9.17, 15) is 9.18 Å². The Bertz CT molecular complexity index is 376. The molecule has 0 aromatic heterocycles. The highest BCUT2D eigenvalue weighted by Gasteiger charge is 2.09. The zero-order chi connectivity index (χ0) is 12.7. The van der Waals surface area contributed by atoms with Crippen LogP contribution in [0, 0.1) is 5.82 Å². The van der Waals surface area contributed by atoms with Crippen LogP contribution in [0.15, 0.2) is 22.7 Å². The average Bonchev–Trinajstić information content (AvgIpc) is 2.31. The second kappa shape index (κ2) is 7.59. The fourth-order valence-electron chi connectivity index (χ4n) is 1.73. The lowest BCUT2D eigenvalue weighted by Gasteiger charge is -2.04. The summed E-state index contributed by atoms with van der Waals surface area (Å²) < 4.78 is 13.6. The molecule has 0 bridgehead atoms. The van der Waals surface area contributed by atoms with Crippen molar-refractivity contribution in [2.24, 2.45) is 0 Å². The van der Waals surface area contributed by atoms with E-state index in [1.54, 1.807) is 12.1 Å². The highest BCUT2D eigenvalue weighted by molar-refractivity contribution is 9.10. The first-order chi connectivity index (χ1) is 8.15. The number of halogens is 2. The first kappa shape index (κ1) is 14.4. The zero-order valence-corrected chi connectivity index (χ0v) is 11.7. The Morgan fingerprint density at radius 2 is 2.06 bits per heavy atom. The zero-order valence-electron chi connectivity index (χ0n) is 10.1. The Morgan fingerprint density at radius 1 is 1.29 bits per heavy atom. The summed E-state index contributed by atoms with van der Waals surface area (Å²) in [6.07, 6.45) is 5.32. The number of hydrogen-bond acceptors (Lipinski definition) is 1. The molecule has 0 radical (unpaired) electrons. The molecule has 1 aromatic carbocycles. The van der Waals surface area contributed by atoms with E-state index in [-0.39, 0.29) is 11.6 Å². The van der Waals surface area contributed by atoms with E-state index in [0.717, 1.165) is 18.4 Å². The van der Waals surface area contributed by atoms with Crippen molar-refractivity contribution in [2.75, 3.05) is 0 Å². The minimum Gasteiger partial charge on any atom is -0.299 e. The molecule has 17 heavy (non-hydrogen) atoms. The van der Waals surface area contributed by atoms with Gasteiger partial charge in [0.25, 0.3) is 0 Å². The van der Waals surface area contributed by atoms with Crippen molar-refractivity contribution in [1.82, 2.24) is 0 Å². The second-order valence-corrected chi connectivity index (χ2v) is 5.03. The number of carbonyl (C=O) groups is 1. The smallest absolute Gasteiger partial charge is 0.137 e. The molecule has 0 N–H and O–H groups in total. The van der Waals surface area contributed by atoms with Gasteiger partial charge in [0.15, 0.2) is 0 Å². The minimum absolute atomic E-state index is 0.187. The van der Waals surface area contributed by atoms with Crippen molar-refractivity contribution in [3.8, 4) is 0 Å². The van der Waals surface area contributed by atoms with Gasteiger partial charge in [0.1, 0.15) is 11.6 Å². The molecule has 0 spiro atoms. The van der Waals surface area contributed by atoms with Gasteiger partial charge < -0.3 is 0 Å². The van der Waals surface area contributed by atoms with Crippen molar-refractivity contribution in [2.45, 2.75) is 45.4 Å². The molecular weight excluding hydrogens is 283 g/mol. The molecule has 1 rings (SSSR count). The van der Waals surface area contributed by atoms with E-state index in [1.165, 1.54) is 18.9 Å². The predicted octanol–water partition coefficient (Wildman–Crippen LogP) is 4.67. The third-order valence-electron chi connectivity index (χ3n) is 2.73. The molecule has 0 saturated carbocycles. The van der Waals surface area contributed by atoms with Gasteiger partial charge in [-0.05, 0) is 34.0 Å². The summed E-state index contributed by atoms with van der Waals surface area (Å²) in [5.41, 5.74) is 0.741. The Labute approximate surface area is 111 Å². The van der Waals surface area contributed by atoms with Crippen LogP contribution in [0.5, 0.6) is 0 Å². The van der Waals surface area contributed by atoms with E-state index < -0.39 is 0 Å². The molecule has 0 aliphatic carbocycles. The Morgan fingerprint density at radius 3 is 2.76 bits per heavy atom. The van der Waals surface area contributed by atoms with Gasteiger partial charge in [-0.3, -0.25) is 4.79 Å². The fraction of sp³-hybridized carbons (Fsp3) is 0.500. The van der Waals surface area contributed by atoms with Gasteiger partial charge in [-0.1, -0.05) is 38.3 Å². The third-order valence-corrected chi connectivity index (χ3v) is 3.62. The normalized spacial score (nSPS) is 10.5. The topological polar surface area (TPSA) is 17.1 Å². The monoisotopic (exact) mass is 300 g/mol. The van der Waals surface area contributed by atoms with Gasteiger partial charge in [0, 0.05) is 12.8 Å². The fourth-order valence-corrected chi connectivity index (χ4v) is 2.14. The lowest BCUT2D eigenvalue weighted by molar-refractivity contribution is -0.118. The molecule has 1 aromatic rings. The van der Waals surface area contributed by atoms with E-state index >= 15 is 0 Å². The first-order valence-corrected chi connectivity index (χ1v) is 6.89. The van der Waals surface area contributed by atoms with Crippen molar-refractivity contribution in [3.63, 3.8) is 0 Å². The highest BCUT2D eigenvalue weighted by atomic mass is 79.9. The maximum Gasteiger partial charge on any atom is 0.137 e. The van der Waals surface area contributed by atoms with Crippen molar-refractivity contribution in [1.29, 1.82) is 0 Å². The Balaban J connectivity index is 2.43. The number of unbranched alkanes of at least 4 members (excludes halogenated alkanes) is 3. The summed E-state index contributed by atoms with van der Waals surface area (Å²) in [6, 6.07) is 4.82. The van der Waals surface area contributed by atoms with Crippen LogP contribution >= 0.6 is 15.9 Å².